The maximum absolute atomic E-state index is 6.63. The minimum Gasteiger partial charge on any atom is -0.493 e. The Morgan fingerprint density at radius 1 is 1.00 bits per heavy atom. The molecule has 2 aromatic carbocycles. The van der Waals surface area contributed by atoms with Crippen molar-refractivity contribution >= 4 is 23.2 Å². The van der Waals surface area contributed by atoms with Crippen LogP contribution in [-0.2, 0) is 13.2 Å². The summed E-state index contributed by atoms with van der Waals surface area (Å²) in [7, 11) is 1.66. The van der Waals surface area contributed by atoms with E-state index in [0.717, 1.165) is 35.4 Å². The standard InChI is InChI=1S/C27H33Cl2NO2/c1-17(27-12-18-7-19(13-27)9-20(8-18)14-27)30-15-21-10-24(29)26(25(11-21)31-2)32-16-22-5-3-4-6-23(22)28/h3-6,10-11,17-20,30H,7-9,12-16H2,1-2H3/t17-,18?,19?,20?,27?/m0/s1. The monoisotopic (exact) mass is 473 g/mol. The lowest BCUT2D eigenvalue weighted by atomic mass is 9.48. The topological polar surface area (TPSA) is 30.5 Å². The Kier molecular flexibility index (Phi) is 6.35. The molecule has 3 nitrogen and oxygen atoms in total. The number of benzene rings is 2. The Balaban J connectivity index is 1.25. The molecule has 0 spiro atoms. The van der Waals surface area contributed by atoms with E-state index in [9.17, 15) is 0 Å². The van der Waals surface area contributed by atoms with Crippen molar-refractivity contribution in [3.05, 3.63) is 57.6 Å². The summed E-state index contributed by atoms with van der Waals surface area (Å²) in [5, 5.41) is 5.09. The number of rotatable bonds is 8. The first kappa shape index (κ1) is 22.4. The highest BCUT2D eigenvalue weighted by molar-refractivity contribution is 6.32. The maximum atomic E-state index is 6.63. The lowest BCUT2D eigenvalue weighted by molar-refractivity contribution is -0.0706. The molecule has 0 unspecified atom stereocenters. The van der Waals surface area contributed by atoms with Crippen LogP contribution in [0.1, 0.15) is 56.6 Å². The molecule has 4 aliphatic rings. The zero-order chi connectivity index (χ0) is 22.3. The summed E-state index contributed by atoms with van der Waals surface area (Å²) < 4.78 is 11.6. The van der Waals surface area contributed by atoms with Crippen molar-refractivity contribution in [2.24, 2.45) is 23.2 Å². The van der Waals surface area contributed by atoms with E-state index in [2.05, 4.69) is 12.2 Å². The predicted octanol–water partition coefficient (Wildman–Crippen LogP) is 7.28. The Labute approximate surface area is 201 Å². The first-order chi connectivity index (χ1) is 15.5. The molecule has 2 aromatic rings. The third-order valence-corrected chi connectivity index (χ3v) is 8.89. The minimum absolute atomic E-state index is 0.344. The van der Waals surface area contributed by atoms with Gasteiger partial charge in [0.05, 0.1) is 12.1 Å². The van der Waals surface area contributed by atoms with Crippen LogP contribution < -0.4 is 14.8 Å². The summed E-state index contributed by atoms with van der Waals surface area (Å²) in [6.07, 6.45) is 8.67. The molecule has 1 N–H and O–H groups in total. The third-order valence-electron chi connectivity index (χ3n) is 8.24. The van der Waals surface area contributed by atoms with E-state index in [1.165, 1.54) is 38.5 Å². The van der Waals surface area contributed by atoms with Gasteiger partial charge in [0.2, 0.25) is 0 Å². The molecule has 4 aliphatic carbocycles. The van der Waals surface area contributed by atoms with Gasteiger partial charge in [-0.05, 0) is 92.4 Å². The van der Waals surface area contributed by atoms with Gasteiger partial charge in [-0.2, -0.15) is 0 Å². The van der Waals surface area contributed by atoms with Gasteiger partial charge in [-0.15, -0.1) is 0 Å². The molecule has 0 saturated heterocycles. The van der Waals surface area contributed by atoms with Gasteiger partial charge in [0.1, 0.15) is 6.61 Å². The van der Waals surface area contributed by atoms with Crippen LogP contribution in [0.3, 0.4) is 0 Å². The number of nitrogens with one attached hydrogen (secondary N) is 1. The van der Waals surface area contributed by atoms with Crippen molar-refractivity contribution in [3.63, 3.8) is 0 Å². The summed E-state index contributed by atoms with van der Waals surface area (Å²) >= 11 is 12.9. The van der Waals surface area contributed by atoms with E-state index in [0.29, 0.717) is 39.6 Å². The molecular weight excluding hydrogens is 441 g/mol. The van der Waals surface area contributed by atoms with Crippen LogP contribution in [0.25, 0.3) is 0 Å². The lowest BCUT2D eigenvalue weighted by Gasteiger charge is -2.59. The van der Waals surface area contributed by atoms with Crippen LogP contribution in [0.5, 0.6) is 11.5 Å². The highest BCUT2D eigenvalue weighted by Gasteiger charge is 2.52. The van der Waals surface area contributed by atoms with Crippen LogP contribution >= 0.6 is 23.2 Å². The molecule has 172 valence electrons. The molecule has 0 aromatic heterocycles. The van der Waals surface area contributed by atoms with Gasteiger partial charge in [0, 0.05) is 23.2 Å². The highest BCUT2D eigenvalue weighted by Crippen LogP contribution is 2.61. The Morgan fingerprint density at radius 3 is 2.28 bits per heavy atom. The van der Waals surface area contributed by atoms with Crippen molar-refractivity contribution < 1.29 is 9.47 Å². The summed E-state index contributed by atoms with van der Waals surface area (Å²) in [5.41, 5.74) is 2.52. The summed E-state index contributed by atoms with van der Waals surface area (Å²) in [6, 6.07) is 12.2. The Bertz CT molecular complexity index is 941. The quantitative estimate of drug-likeness (QED) is 0.436. The first-order valence-corrected chi connectivity index (χ1v) is 12.7. The minimum atomic E-state index is 0.344. The van der Waals surface area contributed by atoms with Gasteiger partial charge < -0.3 is 14.8 Å². The van der Waals surface area contributed by atoms with Crippen LogP contribution in [-0.4, -0.2) is 13.2 Å². The average Bonchev–Trinajstić information content (AvgIpc) is 2.76. The number of halogens is 2. The Hall–Kier alpha value is -1.42. The van der Waals surface area contributed by atoms with Gasteiger partial charge in [0.15, 0.2) is 11.5 Å². The van der Waals surface area contributed by atoms with E-state index in [-0.39, 0.29) is 0 Å². The first-order valence-electron chi connectivity index (χ1n) is 11.9. The maximum Gasteiger partial charge on any atom is 0.180 e. The van der Waals surface area contributed by atoms with Crippen LogP contribution in [0.15, 0.2) is 36.4 Å². The van der Waals surface area contributed by atoms with E-state index < -0.39 is 0 Å². The molecule has 4 fully saturated rings. The van der Waals surface area contributed by atoms with Crippen LogP contribution in [0.2, 0.25) is 10.0 Å². The average molecular weight is 474 g/mol. The van der Waals surface area contributed by atoms with Gasteiger partial charge >= 0.3 is 0 Å². The zero-order valence-corrected chi connectivity index (χ0v) is 20.5. The summed E-state index contributed by atoms with van der Waals surface area (Å²) in [4.78, 5) is 0. The zero-order valence-electron chi connectivity index (χ0n) is 19.0. The molecular formula is C27H33Cl2NO2. The van der Waals surface area contributed by atoms with Crippen molar-refractivity contribution in [3.8, 4) is 11.5 Å². The lowest BCUT2D eigenvalue weighted by Crippen LogP contribution is -2.54. The van der Waals surface area contributed by atoms with Gasteiger partial charge in [-0.3, -0.25) is 0 Å². The van der Waals surface area contributed by atoms with E-state index in [4.69, 9.17) is 32.7 Å². The molecule has 1 atom stereocenters. The molecule has 0 amide bonds. The fourth-order valence-corrected chi connectivity index (χ4v) is 7.45. The van der Waals surface area contributed by atoms with Gasteiger partial charge in [-0.25, -0.2) is 0 Å². The highest BCUT2D eigenvalue weighted by atomic mass is 35.5. The SMILES string of the molecule is COc1cc(CN[C@@H](C)C23CC4CC(CC(C4)C2)C3)cc(Cl)c1OCc1ccccc1Cl. The van der Waals surface area contributed by atoms with E-state index in [1.54, 1.807) is 7.11 Å². The molecule has 0 aliphatic heterocycles. The second-order valence-corrected chi connectivity index (χ2v) is 11.2. The van der Waals surface area contributed by atoms with Gasteiger partial charge in [0.25, 0.3) is 0 Å². The van der Waals surface area contributed by atoms with Crippen molar-refractivity contribution in [1.29, 1.82) is 0 Å². The molecule has 6 rings (SSSR count). The normalized spacial score (nSPS) is 29.2. The smallest absolute Gasteiger partial charge is 0.180 e. The summed E-state index contributed by atoms with van der Waals surface area (Å²) in [6.45, 7) is 3.52. The van der Waals surface area contributed by atoms with E-state index >= 15 is 0 Å². The third kappa shape index (κ3) is 4.36. The second kappa shape index (κ2) is 9.08. The number of hydrogen-bond donors (Lipinski definition) is 1. The van der Waals surface area contributed by atoms with E-state index in [1.807, 2.05) is 36.4 Å². The number of methoxy groups -OCH3 is 1. The Morgan fingerprint density at radius 2 is 1.66 bits per heavy atom. The van der Waals surface area contributed by atoms with Crippen LogP contribution in [0.4, 0.5) is 0 Å². The molecule has 4 bridgehead atoms. The van der Waals surface area contributed by atoms with Crippen molar-refractivity contribution in [2.45, 2.75) is 64.6 Å². The van der Waals surface area contributed by atoms with Crippen LogP contribution in [0, 0.1) is 23.2 Å². The molecule has 0 heterocycles. The largest absolute Gasteiger partial charge is 0.493 e. The second-order valence-electron chi connectivity index (χ2n) is 10.4. The molecule has 5 heteroatoms. The number of ether oxygens (including phenoxy) is 2. The number of hydrogen-bond acceptors (Lipinski definition) is 3. The fourth-order valence-electron chi connectivity index (χ4n) is 6.98. The fraction of sp³-hybridized carbons (Fsp3) is 0.556. The van der Waals surface area contributed by atoms with Crippen molar-refractivity contribution in [2.75, 3.05) is 7.11 Å². The summed E-state index contributed by atoms with van der Waals surface area (Å²) in [5.74, 6) is 4.12. The molecule has 4 saturated carbocycles. The molecule has 0 radical (unpaired) electrons. The predicted molar refractivity (Wildman–Crippen MR) is 131 cm³/mol. The van der Waals surface area contributed by atoms with Gasteiger partial charge in [-0.1, -0.05) is 41.4 Å². The molecule has 32 heavy (non-hydrogen) atoms. The van der Waals surface area contributed by atoms with Crippen molar-refractivity contribution in [1.82, 2.24) is 5.32 Å².